The van der Waals surface area contributed by atoms with Crippen molar-refractivity contribution in [2.45, 2.75) is 13.0 Å². The second-order valence-electron chi connectivity index (χ2n) is 3.11. The van der Waals surface area contributed by atoms with Crippen LogP contribution in [-0.4, -0.2) is 72.1 Å². The van der Waals surface area contributed by atoms with Gasteiger partial charge in [-0.15, -0.1) is 0 Å². The maximum atomic E-state index is 8.97. The molecule has 0 spiro atoms. The third kappa shape index (κ3) is 23.5. The zero-order chi connectivity index (χ0) is 13.2. The molecule has 100 valence electrons. The van der Waals surface area contributed by atoms with Gasteiger partial charge in [0.05, 0.1) is 19.3 Å². The highest BCUT2D eigenvalue weighted by Crippen LogP contribution is 1.90. The Morgan fingerprint density at radius 3 is 1.75 bits per heavy atom. The second kappa shape index (κ2) is 9.90. The van der Waals surface area contributed by atoms with Crippen molar-refractivity contribution in [2.24, 2.45) is 5.14 Å². The summed E-state index contributed by atoms with van der Waals surface area (Å²) in [7, 11) is -4.17. The molecule has 0 radical (unpaired) electrons. The van der Waals surface area contributed by atoms with E-state index >= 15 is 0 Å². The molecule has 1 unspecified atom stereocenters. The van der Waals surface area contributed by atoms with E-state index in [2.05, 4.69) is 5.14 Å². The molecular weight excluding hydrogens is 240 g/mol. The van der Waals surface area contributed by atoms with E-state index in [1.807, 2.05) is 4.90 Å². The summed E-state index contributed by atoms with van der Waals surface area (Å²) in [6, 6.07) is 0. The minimum atomic E-state index is -4.17. The Kier molecular flexibility index (Phi) is 11.2. The van der Waals surface area contributed by atoms with E-state index in [0.717, 1.165) is 0 Å². The lowest BCUT2D eigenvalue weighted by atomic mass is 10.3. The largest absolute Gasteiger partial charge is 0.395 e. The molecule has 0 aromatic rings. The topological polar surface area (TPSA) is 144 Å². The third-order valence-electron chi connectivity index (χ3n) is 1.35. The highest BCUT2D eigenvalue weighted by atomic mass is 32.2. The van der Waals surface area contributed by atoms with Crippen LogP contribution in [0.25, 0.3) is 0 Å². The molecule has 16 heavy (non-hydrogen) atoms. The Morgan fingerprint density at radius 2 is 1.56 bits per heavy atom. The predicted octanol–water partition coefficient (Wildman–Crippen LogP) is -2.60. The summed E-state index contributed by atoms with van der Waals surface area (Å²) in [5.41, 5.74) is 0. The van der Waals surface area contributed by atoms with Crippen molar-refractivity contribution in [3.05, 3.63) is 0 Å². The van der Waals surface area contributed by atoms with E-state index in [0.29, 0.717) is 19.6 Å². The monoisotopic (exact) mass is 260 g/mol. The zero-order valence-corrected chi connectivity index (χ0v) is 9.97. The first kappa shape index (κ1) is 18.1. The highest BCUT2D eigenvalue weighted by molar-refractivity contribution is 7.83. The molecule has 0 heterocycles. The summed E-state index contributed by atoms with van der Waals surface area (Å²) >= 11 is 0. The molecule has 0 saturated carbocycles. The Labute approximate surface area is 95.2 Å². The molecule has 0 aromatic carbocycles. The van der Waals surface area contributed by atoms with Crippen LogP contribution in [0.1, 0.15) is 6.92 Å². The molecule has 8 nitrogen and oxygen atoms in total. The Hall–Kier alpha value is -0.290. The van der Waals surface area contributed by atoms with Crippen LogP contribution < -0.4 is 5.14 Å². The van der Waals surface area contributed by atoms with Crippen molar-refractivity contribution in [2.75, 3.05) is 32.8 Å². The quantitative estimate of drug-likeness (QED) is 0.329. The van der Waals surface area contributed by atoms with Gasteiger partial charge >= 0.3 is 10.3 Å². The smallest absolute Gasteiger partial charge is 0.330 e. The molecule has 1 atom stereocenters. The van der Waals surface area contributed by atoms with Crippen LogP contribution in [0.2, 0.25) is 0 Å². The van der Waals surface area contributed by atoms with Gasteiger partial charge in [0.1, 0.15) is 0 Å². The van der Waals surface area contributed by atoms with Crippen LogP contribution >= 0.6 is 0 Å². The van der Waals surface area contributed by atoms with E-state index in [1.165, 1.54) is 0 Å². The van der Waals surface area contributed by atoms with Crippen molar-refractivity contribution in [1.29, 1.82) is 0 Å². The molecule has 0 fully saturated rings. The Bertz CT molecular complexity index is 229. The summed E-state index contributed by atoms with van der Waals surface area (Å²) in [5.74, 6) is 0. The van der Waals surface area contributed by atoms with Gasteiger partial charge in [-0.05, 0) is 6.92 Å². The molecule has 0 bridgehead atoms. The van der Waals surface area contributed by atoms with Gasteiger partial charge in [-0.3, -0.25) is 9.45 Å². The first-order valence-electron chi connectivity index (χ1n) is 4.58. The average Bonchev–Trinajstić information content (AvgIpc) is 2.00. The summed E-state index contributed by atoms with van der Waals surface area (Å²) in [5, 5.41) is 30.0. The van der Waals surface area contributed by atoms with Crippen molar-refractivity contribution < 1.29 is 28.3 Å². The molecular formula is C7H20N2O6S. The minimum absolute atomic E-state index is 0.0622. The van der Waals surface area contributed by atoms with Gasteiger partial charge in [0.25, 0.3) is 0 Å². The molecule has 0 rings (SSSR count). The van der Waals surface area contributed by atoms with Gasteiger partial charge in [0.15, 0.2) is 0 Å². The van der Waals surface area contributed by atoms with Gasteiger partial charge in [-0.25, -0.2) is 5.14 Å². The highest BCUT2D eigenvalue weighted by Gasteiger charge is 2.05. The zero-order valence-electron chi connectivity index (χ0n) is 9.15. The van der Waals surface area contributed by atoms with Gasteiger partial charge in [-0.1, -0.05) is 0 Å². The molecule has 0 amide bonds. The minimum Gasteiger partial charge on any atom is -0.395 e. The molecule has 0 aromatic heterocycles. The van der Waals surface area contributed by atoms with E-state index < -0.39 is 16.4 Å². The van der Waals surface area contributed by atoms with Gasteiger partial charge in [0, 0.05) is 19.6 Å². The van der Waals surface area contributed by atoms with Crippen molar-refractivity contribution >= 4 is 10.3 Å². The van der Waals surface area contributed by atoms with Crippen LogP contribution in [0.3, 0.4) is 0 Å². The Morgan fingerprint density at radius 1 is 1.25 bits per heavy atom. The van der Waals surface area contributed by atoms with Gasteiger partial charge in [0.2, 0.25) is 0 Å². The lowest BCUT2D eigenvalue weighted by Gasteiger charge is -2.21. The fraction of sp³-hybridized carbons (Fsp3) is 1.00. The van der Waals surface area contributed by atoms with Crippen LogP contribution in [0, 0.1) is 0 Å². The summed E-state index contributed by atoms with van der Waals surface area (Å²) in [4.78, 5) is 1.81. The van der Waals surface area contributed by atoms with E-state index in [1.54, 1.807) is 6.92 Å². The number of aliphatic hydroxyl groups is 3. The maximum absolute atomic E-state index is 8.97. The summed E-state index contributed by atoms with van der Waals surface area (Å²) in [6.07, 6.45) is -0.409. The predicted molar refractivity (Wildman–Crippen MR) is 58.0 cm³/mol. The fourth-order valence-electron chi connectivity index (χ4n) is 0.951. The van der Waals surface area contributed by atoms with Gasteiger partial charge in [-0.2, -0.15) is 8.42 Å². The molecule has 0 aliphatic carbocycles. The number of nitrogens with zero attached hydrogens (tertiary/aromatic N) is 1. The van der Waals surface area contributed by atoms with Crippen LogP contribution in [-0.2, 0) is 10.3 Å². The summed E-state index contributed by atoms with van der Waals surface area (Å²) < 4.78 is 25.2. The normalized spacial score (nSPS) is 13.2. The maximum Gasteiger partial charge on any atom is 0.330 e. The van der Waals surface area contributed by atoms with E-state index in [4.69, 9.17) is 28.3 Å². The SMILES string of the molecule is CC(O)CN(CCO)CCO.NS(=O)(=O)O. The molecule has 0 saturated heterocycles. The number of nitrogens with two attached hydrogens (primary N) is 1. The lowest BCUT2D eigenvalue weighted by molar-refractivity contribution is 0.0972. The number of hydrogen-bond acceptors (Lipinski definition) is 6. The number of hydrogen-bond donors (Lipinski definition) is 5. The first-order chi connectivity index (χ1) is 7.20. The van der Waals surface area contributed by atoms with Crippen LogP contribution in [0.5, 0.6) is 0 Å². The molecule has 6 N–H and O–H groups in total. The number of aliphatic hydroxyl groups excluding tert-OH is 3. The first-order valence-corrected chi connectivity index (χ1v) is 6.08. The fourth-order valence-corrected chi connectivity index (χ4v) is 0.951. The molecule has 0 aliphatic heterocycles. The van der Waals surface area contributed by atoms with Crippen molar-refractivity contribution in [3.63, 3.8) is 0 Å². The van der Waals surface area contributed by atoms with Crippen LogP contribution in [0.15, 0.2) is 0 Å². The number of rotatable bonds is 6. The average molecular weight is 260 g/mol. The van der Waals surface area contributed by atoms with E-state index in [9.17, 15) is 0 Å². The third-order valence-corrected chi connectivity index (χ3v) is 1.35. The van der Waals surface area contributed by atoms with E-state index in [-0.39, 0.29) is 13.2 Å². The molecule has 0 aliphatic rings. The molecule has 9 heteroatoms. The Balaban J connectivity index is 0. The summed E-state index contributed by atoms with van der Waals surface area (Å²) in [6.45, 7) is 3.32. The lowest BCUT2D eigenvalue weighted by Crippen LogP contribution is -2.35. The van der Waals surface area contributed by atoms with Crippen LogP contribution in [0.4, 0.5) is 0 Å². The standard InChI is InChI=1S/C7H17NO3.H3NO3S/c1-7(11)6-8(2-4-9)3-5-10;1-5(2,3)4/h7,9-11H,2-6H2,1H3;(H3,1,2,3,4). The second-order valence-corrected chi connectivity index (χ2v) is 4.14. The van der Waals surface area contributed by atoms with Crippen molar-refractivity contribution in [3.8, 4) is 0 Å². The van der Waals surface area contributed by atoms with Crippen molar-refractivity contribution in [1.82, 2.24) is 4.90 Å². The van der Waals surface area contributed by atoms with Gasteiger partial charge < -0.3 is 15.3 Å².